The summed E-state index contributed by atoms with van der Waals surface area (Å²) in [6, 6.07) is 11.5. The van der Waals surface area contributed by atoms with Crippen LogP contribution in [0.1, 0.15) is 41.8 Å². The molecule has 5 nitrogen and oxygen atoms in total. The van der Waals surface area contributed by atoms with Crippen LogP contribution in [0.3, 0.4) is 0 Å². The molecule has 1 atom stereocenters. The van der Waals surface area contributed by atoms with Gasteiger partial charge in [-0.25, -0.2) is 4.98 Å². The molecule has 0 aliphatic heterocycles. The average Bonchev–Trinajstić information content (AvgIpc) is 3.12. The number of alkyl halides is 3. The molecule has 0 bridgehead atoms. The summed E-state index contributed by atoms with van der Waals surface area (Å²) in [6.45, 7) is 3.45. The molecule has 0 saturated carbocycles. The second-order valence-electron chi connectivity index (χ2n) is 7.00. The number of ether oxygens (including phenoxy) is 1. The zero-order valence-electron chi connectivity index (χ0n) is 17.4. The van der Waals surface area contributed by atoms with Gasteiger partial charge in [0, 0.05) is 5.56 Å². The smallest absolute Gasteiger partial charge is 0.416 e. The van der Waals surface area contributed by atoms with Gasteiger partial charge in [-0.05, 0) is 55.8 Å². The van der Waals surface area contributed by atoms with Gasteiger partial charge in [0.25, 0.3) is 0 Å². The lowest BCUT2D eigenvalue weighted by molar-refractivity contribution is -0.138. The van der Waals surface area contributed by atoms with Crippen molar-refractivity contribution in [1.29, 1.82) is 0 Å². The lowest BCUT2D eigenvalue weighted by atomic mass is 9.96. The highest BCUT2D eigenvalue weighted by atomic mass is 19.4. The van der Waals surface area contributed by atoms with Crippen LogP contribution in [0.15, 0.2) is 52.9 Å². The molecule has 32 heavy (non-hydrogen) atoms. The highest BCUT2D eigenvalue weighted by molar-refractivity contribution is 5.69. The highest BCUT2D eigenvalue weighted by Gasteiger charge is 2.30. The fourth-order valence-corrected chi connectivity index (χ4v) is 3.04. The number of carboxylic acid groups (broad SMARTS) is 1. The number of aromatic nitrogens is 1. The Hall–Kier alpha value is -3.73. The van der Waals surface area contributed by atoms with Gasteiger partial charge < -0.3 is 14.3 Å². The molecule has 0 fully saturated rings. The summed E-state index contributed by atoms with van der Waals surface area (Å²) in [7, 11) is 0. The predicted molar refractivity (Wildman–Crippen MR) is 111 cm³/mol. The predicted octanol–water partition coefficient (Wildman–Crippen LogP) is 5.83. The molecule has 1 N–H and O–H groups in total. The summed E-state index contributed by atoms with van der Waals surface area (Å²) in [5.74, 6) is 5.55. The van der Waals surface area contributed by atoms with Crippen molar-refractivity contribution in [3.8, 4) is 29.0 Å². The first-order valence-corrected chi connectivity index (χ1v) is 9.68. The topological polar surface area (TPSA) is 72.6 Å². The number of carbonyl (C=O) groups is 1. The van der Waals surface area contributed by atoms with E-state index in [-0.39, 0.29) is 18.9 Å². The second kappa shape index (κ2) is 9.60. The van der Waals surface area contributed by atoms with Gasteiger partial charge in [-0.2, -0.15) is 13.2 Å². The normalized spacial score (nSPS) is 12.0. The van der Waals surface area contributed by atoms with E-state index in [0.717, 1.165) is 17.7 Å². The molecular weight excluding hydrogens is 423 g/mol. The number of halogens is 3. The molecule has 3 rings (SSSR count). The third kappa shape index (κ3) is 5.70. The van der Waals surface area contributed by atoms with Gasteiger partial charge in [-0.3, -0.25) is 4.79 Å². The Bertz CT molecular complexity index is 1140. The summed E-state index contributed by atoms with van der Waals surface area (Å²) in [5.41, 5.74) is 0.978. The van der Waals surface area contributed by atoms with Gasteiger partial charge in [-0.15, -0.1) is 5.92 Å². The Morgan fingerprint density at radius 2 is 1.81 bits per heavy atom. The van der Waals surface area contributed by atoms with Crippen molar-refractivity contribution in [3.63, 3.8) is 0 Å². The van der Waals surface area contributed by atoms with Crippen LogP contribution < -0.4 is 4.74 Å². The van der Waals surface area contributed by atoms with Crippen LogP contribution in [0.5, 0.6) is 5.75 Å². The van der Waals surface area contributed by atoms with E-state index >= 15 is 0 Å². The zero-order valence-corrected chi connectivity index (χ0v) is 17.4. The van der Waals surface area contributed by atoms with Crippen LogP contribution in [-0.2, 0) is 17.6 Å². The van der Waals surface area contributed by atoms with Crippen LogP contribution in [0.2, 0.25) is 0 Å². The molecule has 0 amide bonds. The number of aliphatic carboxylic acids is 1. The molecule has 8 heteroatoms. The first kappa shape index (κ1) is 22.9. The largest absolute Gasteiger partial charge is 0.487 e. The minimum atomic E-state index is -4.41. The first-order chi connectivity index (χ1) is 15.2. The second-order valence-corrected chi connectivity index (χ2v) is 7.00. The number of benzene rings is 2. The van der Waals surface area contributed by atoms with Crippen molar-refractivity contribution in [3.05, 3.63) is 71.1 Å². The molecule has 1 heterocycles. The molecule has 0 unspecified atom stereocenters. The van der Waals surface area contributed by atoms with E-state index in [1.807, 2.05) is 0 Å². The Balaban J connectivity index is 1.68. The fraction of sp³-hybridized carbons (Fsp3) is 0.250. The minimum absolute atomic E-state index is 0.0914. The molecular formula is C24H20F3NO4. The van der Waals surface area contributed by atoms with Gasteiger partial charge in [0.1, 0.15) is 23.8 Å². The van der Waals surface area contributed by atoms with E-state index in [9.17, 15) is 18.0 Å². The quantitative estimate of drug-likeness (QED) is 0.465. The number of hydrogen-bond acceptors (Lipinski definition) is 4. The molecule has 0 saturated heterocycles. The lowest BCUT2D eigenvalue weighted by Crippen LogP contribution is -2.04. The molecule has 1 aromatic heterocycles. The van der Waals surface area contributed by atoms with Crippen LogP contribution in [0.25, 0.3) is 11.5 Å². The average molecular weight is 443 g/mol. The van der Waals surface area contributed by atoms with Gasteiger partial charge >= 0.3 is 12.1 Å². The number of oxazole rings is 1. The fourth-order valence-electron chi connectivity index (χ4n) is 3.04. The number of aryl methyl sites for hydroxylation is 1. The van der Waals surface area contributed by atoms with E-state index in [1.165, 1.54) is 12.1 Å². The monoisotopic (exact) mass is 443 g/mol. The SMILES string of the molecule is CC#C[C@H](CC(=O)O)c1ccc(OCc2nc(-c3ccc(C(F)(F)F)cc3)oc2C)cc1. The van der Waals surface area contributed by atoms with E-state index in [2.05, 4.69) is 16.8 Å². The number of nitrogens with zero attached hydrogens (tertiary/aromatic N) is 1. The van der Waals surface area contributed by atoms with E-state index < -0.39 is 23.6 Å². The van der Waals surface area contributed by atoms with Crippen molar-refractivity contribution in [1.82, 2.24) is 4.98 Å². The summed E-state index contributed by atoms with van der Waals surface area (Å²) in [4.78, 5) is 15.4. The Kier molecular flexibility index (Phi) is 6.89. The molecule has 0 radical (unpaired) electrons. The summed E-state index contributed by atoms with van der Waals surface area (Å²) >= 11 is 0. The lowest BCUT2D eigenvalue weighted by Gasteiger charge is -2.10. The molecule has 0 aliphatic carbocycles. The Morgan fingerprint density at radius 1 is 1.16 bits per heavy atom. The number of rotatable bonds is 7. The zero-order chi connectivity index (χ0) is 23.3. The summed E-state index contributed by atoms with van der Waals surface area (Å²) < 4.78 is 49.5. The minimum Gasteiger partial charge on any atom is -0.487 e. The maximum Gasteiger partial charge on any atom is 0.416 e. The maximum absolute atomic E-state index is 12.7. The highest BCUT2D eigenvalue weighted by Crippen LogP contribution is 2.31. The summed E-state index contributed by atoms with van der Waals surface area (Å²) in [5, 5.41) is 9.04. The molecule has 3 aromatic rings. The van der Waals surface area contributed by atoms with Crippen LogP contribution in [-0.4, -0.2) is 16.1 Å². The van der Waals surface area contributed by atoms with Gasteiger partial charge in [-0.1, -0.05) is 18.1 Å². The van der Waals surface area contributed by atoms with Gasteiger partial charge in [0.15, 0.2) is 0 Å². The molecule has 2 aromatic carbocycles. The third-order valence-corrected chi connectivity index (χ3v) is 4.71. The van der Waals surface area contributed by atoms with Crippen LogP contribution in [0.4, 0.5) is 13.2 Å². The maximum atomic E-state index is 12.7. The van der Waals surface area contributed by atoms with Crippen LogP contribution >= 0.6 is 0 Å². The van der Waals surface area contributed by atoms with Crippen LogP contribution in [0, 0.1) is 18.8 Å². The standard InChI is InChI=1S/C24H20F3NO4/c1-3-4-18(13-22(29)30)16-7-11-20(12-8-16)31-14-21-15(2)32-23(28-21)17-5-9-19(10-6-17)24(25,26)27/h5-12,18H,13-14H2,1-2H3,(H,29,30)/t18-/m1/s1. The molecule has 0 spiro atoms. The van der Waals surface area contributed by atoms with E-state index in [0.29, 0.717) is 22.8 Å². The number of hydrogen-bond donors (Lipinski definition) is 1. The van der Waals surface area contributed by atoms with E-state index in [1.54, 1.807) is 38.1 Å². The van der Waals surface area contributed by atoms with Gasteiger partial charge in [0.2, 0.25) is 5.89 Å². The Labute approximate surface area is 182 Å². The van der Waals surface area contributed by atoms with Crippen molar-refractivity contribution in [2.45, 2.75) is 39.0 Å². The van der Waals surface area contributed by atoms with E-state index in [4.69, 9.17) is 14.3 Å². The van der Waals surface area contributed by atoms with Gasteiger partial charge in [0.05, 0.1) is 17.9 Å². The molecule has 0 aliphatic rings. The third-order valence-electron chi connectivity index (χ3n) is 4.71. The summed E-state index contributed by atoms with van der Waals surface area (Å²) in [6.07, 6.45) is -4.50. The van der Waals surface area contributed by atoms with Crippen molar-refractivity contribution in [2.75, 3.05) is 0 Å². The van der Waals surface area contributed by atoms with Crippen molar-refractivity contribution >= 4 is 5.97 Å². The van der Waals surface area contributed by atoms with Crippen molar-refractivity contribution in [2.24, 2.45) is 0 Å². The Morgan fingerprint density at radius 3 is 2.38 bits per heavy atom. The van der Waals surface area contributed by atoms with Crippen molar-refractivity contribution < 1.29 is 32.2 Å². The number of carboxylic acids is 1. The molecule has 166 valence electrons. The first-order valence-electron chi connectivity index (χ1n) is 9.68.